The number of carbonyl (C=O) groups excluding carboxylic acids is 1. The van der Waals surface area contributed by atoms with Crippen LogP contribution < -0.4 is 5.32 Å². The molecule has 7 nitrogen and oxygen atoms in total. The molecule has 0 radical (unpaired) electrons. The number of aromatic amines is 1. The summed E-state index contributed by atoms with van der Waals surface area (Å²) in [6.07, 6.45) is 3.22. The van der Waals surface area contributed by atoms with E-state index >= 15 is 0 Å². The van der Waals surface area contributed by atoms with Gasteiger partial charge in [0.25, 0.3) is 0 Å². The number of nitrogens with zero attached hydrogens (tertiary/aromatic N) is 3. The summed E-state index contributed by atoms with van der Waals surface area (Å²) in [5, 5.41) is 10.5. The van der Waals surface area contributed by atoms with Crippen molar-refractivity contribution < 1.29 is 9.53 Å². The predicted molar refractivity (Wildman–Crippen MR) is 71.4 cm³/mol. The SMILES string of the molecule is COC(=O)c1nc(NCCCc2ncn[nH]2)sc1C. The van der Waals surface area contributed by atoms with Crippen molar-refractivity contribution >= 4 is 22.4 Å². The van der Waals surface area contributed by atoms with Crippen LogP contribution in [0.2, 0.25) is 0 Å². The number of ether oxygens (including phenoxy) is 1. The number of nitrogens with one attached hydrogen (secondary N) is 2. The van der Waals surface area contributed by atoms with Gasteiger partial charge in [0.05, 0.1) is 7.11 Å². The van der Waals surface area contributed by atoms with Gasteiger partial charge in [-0.1, -0.05) is 0 Å². The van der Waals surface area contributed by atoms with Crippen molar-refractivity contribution in [3.63, 3.8) is 0 Å². The maximum Gasteiger partial charge on any atom is 0.357 e. The molecular formula is C11H15N5O2S. The van der Waals surface area contributed by atoms with E-state index in [1.54, 1.807) is 0 Å². The molecule has 2 rings (SSSR count). The van der Waals surface area contributed by atoms with Crippen molar-refractivity contribution in [1.82, 2.24) is 20.2 Å². The van der Waals surface area contributed by atoms with Crippen molar-refractivity contribution in [3.05, 3.63) is 22.7 Å². The number of hydrogen-bond donors (Lipinski definition) is 2. The minimum Gasteiger partial charge on any atom is -0.464 e. The molecule has 2 heterocycles. The summed E-state index contributed by atoms with van der Waals surface area (Å²) >= 11 is 1.45. The van der Waals surface area contributed by atoms with E-state index in [-0.39, 0.29) is 0 Å². The summed E-state index contributed by atoms with van der Waals surface area (Å²) in [5.74, 6) is 0.468. The molecule has 0 saturated heterocycles. The lowest BCUT2D eigenvalue weighted by atomic mass is 10.3. The third-order valence-corrected chi connectivity index (χ3v) is 3.44. The molecule has 19 heavy (non-hydrogen) atoms. The average Bonchev–Trinajstić information content (AvgIpc) is 3.03. The number of esters is 1. The lowest BCUT2D eigenvalue weighted by molar-refractivity contribution is 0.0594. The summed E-state index contributed by atoms with van der Waals surface area (Å²) in [6, 6.07) is 0. The zero-order valence-corrected chi connectivity index (χ0v) is 11.6. The Balaban J connectivity index is 1.81. The average molecular weight is 281 g/mol. The van der Waals surface area contributed by atoms with Gasteiger partial charge >= 0.3 is 5.97 Å². The van der Waals surface area contributed by atoms with E-state index in [0.29, 0.717) is 5.69 Å². The Morgan fingerprint density at radius 1 is 1.58 bits per heavy atom. The van der Waals surface area contributed by atoms with Gasteiger partial charge < -0.3 is 10.1 Å². The number of methoxy groups -OCH3 is 1. The molecule has 2 N–H and O–H groups in total. The molecule has 102 valence electrons. The van der Waals surface area contributed by atoms with Crippen LogP contribution in [0, 0.1) is 6.92 Å². The number of H-pyrrole nitrogens is 1. The predicted octanol–water partition coefficient (Wildman–Crippen LogP) is 1.40. The van der Waals surface area contributed by atoms with Gasteiger partial charge in [-0.15, -0.1) is 11.3 Å². The molecular weight excluding hydrogens is 266 g/mol. The normalized spacial score (nSPS) is 10.4. The zero-order chi connectivity index (χ0) is 13.7. The van der Waals surface area contributed by atoms with E-state index in [0.717, 1.165) is 35.2 Å². The molecule has 8 heteroatoms. The number of aromatic nitrogens is 4. The number of thiazole rings is 1. The molecule has 0 atom stereocenters. The van der Waals surface area contributed by atoms with Crippen molar-refractivity contribution in [2.45, 2.75) is 19.8 Å². The fourth-order valence-corrected chi connectivity index (χ4v) is 2.39. The van der Waals surface area contributed by atoms with Crippen LogP contribution >= 0.6 is 11.3 Å². The highest BCUT2D eigenvalue weighted by Crippen LogP contribution is 2.22. The Labute approximate surface area is 114 Å². The molecule has 0 amide bonds. The summed E-state index contributed by atoms with van der Waals surface area (Å²) < 4.78 is 4.66. The fourth-order valence-electron chi connectivity index (χ4n) is 1.56. The van der Waals surface area contributed by atoms with E-state index in [4.69, 9.17) is 0 Å². The Morgan fingerprint density at radius 2 is 2.42 bits per heavy atom. The second kappa shape index (κ2) is 6.28. The maximum absolute atomic E-state index is 11.4. The second-order valence-electron chi connectivity index (χ2n) is 3.88. The highest BCUT2D eigenvalue weighted by atomic mass is 32.1. The fraction of sp³-hybridized carbons (Fsp3) is 0.455. The van der Waals surface area contributed by atoms with Gasteiger partial charge in [0.15, 0.2) is 10.8 Å². The van der Waals surface area contributed by atoms with Gasteiger partial charge in [0.1, 0.15) is 12.2 Å². The molecule has 0 aliphatic heterocycles. The van der Waals surface area contributed by atoms with E-state index in [9.17, 15) is 4.79 Å². The molecule has 0 aromatic carbocycles. The topological polar surface area (TPSA) is 92.8 Å². The van der Waals surface area contributed by atoms with Gasteiger partial charge in [-0.25, -0.2) is 14.8 Å². The van der Waals surface area contributed by atoms with E-state index < -0.39 is 5.97 Å². The lowest BCUT2D eigenvalue weighted by Crippen LogP contribution is -2.06. The van der Waals surface area contributed by atoms with Gasteiger partial charge in [-0.2, -0.15) is 5.10 Å². The van der Waals surface area contributed by atoms with E-state index in [2.05, 4.69) is 30.2 Å². The molecule has 2 aromatic rings. The molecule has 0 aliphatic rings. The smallest absolute Gasteiger partial charge is 0.357 e. The van der Waals surface area contributed by atoms with Crippen LogP contribution in [0.4, 0.5) is 5.13 Å². The number of carbonyl (C=O) groups is 1. The first-order valence-electron chi connectivity index (χ1n) is 5.84. The maximum atomic E-state index is 11.4. The summed E-state index contributed by atoms with van der Waals surface area (Å²) in [4.78, 5) is 20.5. The third-order valence-electron chi connectivity index (χ3n) is 2.51. The summed E-state index contributed by atoms with van der Waals surface area (Å²) in [7, 11) is 1.35. The Hall–Kier alpha value is -1.96. The Bertz CT molecular complexity index is 537. The van der Waals surface area contributed by atoms with Crippen LogP contribution in [-0.4, -0.2) is 39.8 Å². The van der Waals surface area contributed by atoms with Crippen LogP contribution in [0.1, 0.15) is 27.6 Å². The summed E-state index contributed by atoms with van der Waals surface area (Å²) in [5.41, 5.74) is 0.380. The lowest BCUT2D eigenvalue weighted by Gasteiger charge is -2.00. The molecule has 0 unspecified atom stereocenters. The number of aryl methyl sites for hydroxylation is 2. The first-order valence-corrected chi connectivity index (χ1v) is 6.66. The Morgan fingerprint density at radius 3 is 3.11 bits per heavy atom. The number of rotatable bonds is 6. The van der Waals surface area contributed by atoms with Crippen molar-refractivity contribution in [2.24, 2.45) is 0 Å². The van der Waals surface area contributed by atoms with Gasteiger partial charge in [0.2, 0.25) is 0 Å². The van der Waals surface area contributed by atoms with E-state index in [1.165, 1.54) is 24.8 Å². The quantitative estimate of drug-likeness (QED) is 0.614. The molecule has 0 saturated carbocycles. The highest BCUT2D eigenvalue weighted by Gasteiger charge is 2.15. The number of hydrogen-bond acceptors (Lipinski definition) is 7. The number of anilines is 1. The van der Waals surface area contributed by atoms with Crippen molar-refractivity contribution in [1.29, 1.82) is 0 Å². The largest absolute Gasteiger partial charge is 0.464 e. The highest BCUT2D eigenvalue weighted by molar-refractivity contribution is 7.15. The van der Waals surface area contributed by atoms with Crippen molar-refractivity contribution in [3.8, 4) is 0 Å². The van der Waals surface area contributed by atoms with E-state index in [1.807, 2.05) is 6.92 Å². The van der Waals surface area contributed by atoms with Crippen LogP contribution in [-0.2, 0) is 11.2 Å². The first kappa shape index (κ1) is 13.5. The van der Waals surface area contributed by atoms with Crippen LogP contribution in [0.15, 0.2) is 6.33 Å². The zero-order valence-electron chi connectivity index (χ0n) is 10.8. The van der Waals surface area contributed by atoms with Gasteiger partial charge in [-0.05, 0) is 13.3 Å². The van der Waals surface area contributed by atoms with Crippen LogP contribution in [0.5, 0.6) is 0 Å². The molecule has 0 fully saturated rings. The minimum absolute atomic E-state index is 0.380. The first-order chi connectivity index (χ1) is 9.20. The Kier molecular flexibility index (Phi) is 4.45. The standard InChI is InChI=1S/C11H15N5O2S/c1-7-9(10(17)18-2)15-11(19-7)12-5-3-4-8-13-6-14-16-8/h6H,3-5H2,1-2H3,(H,12,15)(H,13,14,16). The van der Waals surface area contributed by atoms with Crippen LogP contribution in [0.3, 0.4) is 0 Å². The van der Waals surface area contributed by atoms with Crippen LogP contribution in [0.25, 0.3) is 0 Å². The van der Waals surface area contributed by atoms with Gasteiger partial charge in [-0.3, -0.25) is 5.10 Å². The monoisotopic (exact) mass is 281 g/mol. The summed E-state index contributed by atoms with van der Waals surface area (Å²) in [6.45, 7) is 2.61. The second-order valence-corrected chi connectivity index (χ2v) is 5.08. The third kappa shape index (κ3) is 3.50. The molecule has 0 bridgehead atoms. The van der Waals surface area contributed by atoms with Crippen molar-refractivity contribution in [2.75, 3.05) is 19.0 Å². The molecule has 2 aromatic heterocycles. The minimum atomic E-state index is -0.400. The molecule has 0 aliphatic carbocycles. The molecule has 0 spiro atoms. The van der Waals surface area contributed by atoms with Gasteiger partial charge in [0, 0.05) is 17.8 Å².